The van der Waals surface area contributed by atoms with Gasteiger partial charge in [-0.2, -0.15) is 0 Å². The van der Waals surface area contributed by atoms with Crippen LogP contribution < -0.4 is 4.90 Å². The first kappa shape index (κ1) is 21.0. The molecule has 4 rings (SSSR count). The van der Waals surface area contributed by atoms with Gasteiger partial charge in [-0.1, -0.05) is 78.3 Å². The van der Waals surface area contributed by atoms with Crippen LogP contribution in [0.2, 0.25) is 0 Å². The highest BCUT2D eigenvalue weighted by molar-refractivity contribution is 9.11. The molecule has 0 amide bonds. The Morgan fingerprint density at radius 1 is 1.03 bits per heavy atom. The van der Waals surface area contributed by atoms with Crippen LogP contribution in [0.1, 0.15) is 25.0 Å². The Balaban J connectivity index is 1.79. The monoisotopic (exact) mass is 476 g/mol. The second-order valence-corrected chi connectivity index (χ2v) is 8.95. The fraction of sp³-hybridized carbons (Fsp3) is 0.160. The molecule has 5 nitrogen and oxygen atoms in total. The summed E-state index contributed by atoms with van der Waals surface area (Å²) < 4.78 is 0.499. The average Bonchev–Trinajstić information content (AvgIpc) is 2.95. The number of hydrogen-bond acceptors (Lipinski definition) is 4. The molecular weight excluding hydrogens is 456 g/mol. The van der Waals surface area contributed by atoms with E-state index < -0.39 is 16.4 Å². The van der Waals surface area contributed by atoms with Crippen molar-refractivity contribution < 1.29 is 9.72 Å². The van der Waals surface area contributed by atoms with Crippen LogP contribution in [0.4, 0.5) is 5.69 Å². The minimum Gasteiger partial charge on any atom is -0.340 e. The number of Topliss-reactive ketones (excluding diaryl/α,β-unsaturated/α-hetero) is 1. The molecule has 0 N–H and O–H groups in total. The molecule has 0 aromatic heterocycles. The third kappa shape index (κ3) is 3.91. The van der Waals surface area contributed by atoms with Gasteiger partial charge in [0.15, 0.2) is 0 Å². The van der Waals surface area contributed by atoms with Gasteiger partial charge < -0.3 is 4.90 Å². The van der Waals surface area contributed by atoms with E-state index in [-0.39, 0.29) is 11.0 Å². The number of benzene rings is 2. The number of halogens is 1. The van der Waals surface area contributed by atoms with Gasteiger partial charge in [0.1, 0.15) is 0 Å². The lowest BCUT2D eigenvalue weighted by atomic mass is 9.83. The second-order valence-electron chi connectivity index (χ2n) is 8.03. The van der Waals surface area contributed by atoms with Crippen molar-refractivity contribution in [1.29, 1.82) is 0 Å². The van der Waals surface area contributed by atoms with Crippen LogP contribution in [0.3, 0.4) is 0 Å². The molecule has 31 heavy (non-hydrogen) atoms. The number of nitrogens with zero attached hydrogens (tertiary/aromatic N) is 2. The van der Waals surface area contributed by atoms with Gasteiger partial charge in [-0.3, -0.25) is 14.9 Å². The molecule has 2 aromatic rings. The van der Waals surface area contributed by atoms with Gasteiger partial charge in [0.25, 0.3) is 5.78 Å². The fourth-order valence-corrected chi connectivity index (χ4v) is 4.57. The maximum Gasteiger partial charge on any atom is 0.318 e. The van der Waals surface area contributed by atoms with Gasteiger partial charge in [-0.05, 0) is 35.4 Å². The summed E-state index contributed by atoms with van der Waals surface area (Å²) in [4.78, 5) is 25.4. The normalized spacial score (nSPS) is 20.0. The lowest BCUT2D eigenvalue weighted by Gasteiger charge is -2.27. The predicted octanol–water partition coefficient (Wildman–Crippen LogP) is 5.82. The first-order chi connectivity index (χ1) is 14.8. The SMILES string of the molecule is CC1(C)/C(=C\C=C2/C=C(Br)C=C([N+](=O)[O-])C2=O)N(Cc2ccccc2)c2ccccc21. The number of fused-ring (bicyclic) bond motifs is 1. The van der Waals surface area contributed by atoms with Crippen LogP contribution in [0.15, 0.2) is 100 Å². The molecule has 1 heterocycles. The summed E-state index contributed by atoms with van der Waals surface area (Å²) in [5.74, 6) is -0.590. The zero-order valence-corrected chi connectivity index (χ0v) is 18.8. The van der Waals surface area contributed by atoms with Crippen LogP contribution >= 0.6 is 15.9 Å². The summed E-state index contributed by atoms with van der Waals surface area (Å²) >= 11 is 3.28. The summed E-state index contributed by atoms with van der Waals surface area (Å²) in [6.45, 7) is 4.99. The smallest absolute Gasteiger partial charge is 0.318 e. The predicted molar refractivity (Wildman–Crippen MR) is 125 cm³/mol. The van der Waals surface area contributed by atoms with Crippen molar-refractivity contribution in [2.24, 2.45) is 0 Å². The number of nitro groups is 1. The number of anilines is 1. The van der Waals surface area contributed by atoms with Crippen LogP contribution in [0, 0.1) is 10.1 Å². The summed E-state index contributed by atoms with van der Waals surface area (Å²) in [5, 5.41) is 11.2. The number of rotatable bonds is 4. The zero-order chi connectivity index (χ0) is 22.2. The first-order valence-electron chi connectivity index (χ1n) is 9.90. The van der Waals surface area contributed by atoms with Crippen molar-refractivity contribution in [3.05, 3.63) is 122 Å². The molecule has 0 unspecified atom stereocenters. The molecular formula is C25H21BrN2O3. The molecule has 1 aliphatic heterocycles. The van der Waals surface area contributed by atoms with E-state index in [0.29, 0.717) is 11.0 Å². The third-order valence-corrected chi connectivity index (χ3v) is 6.12. The van der Waals surface area contributed by atoms with Crippen molar-refractivity contribution >= 4 is 27.4 Å². The van der Waals surface area contributed by atoms with Crippen molar-refractivity contribution in [1.82, 2.24) is 0 Å². The minimum atomic E-state index is -0.644. The number of ketones is 1. The molecule has 2 aromatic carbocycles. The second kappa shape index (κ2) is 8.12. The number of carbonyl (C=O) groups is 1. The molecule has 0 saturated heterocycles. The Hall–Kier alpha value is -3.25. The third-order valence-electron chi connectivity index (χ3n) is 5.66. The van der Waals surface area contributed by atoms with E-state index in [9.17, 15) is 14.9 Å². The number of para-hydroxylation sites is 1. The molecule has 0 radical (unpaired) electrons. The van der Waals surface area contributed by atoms with Gasteiger partial charge in [-0.15, -0.1) is 0 Å². The Morgan fingerprint density at radius 3 is 2.42 bits per heavy atom. The summed E-state index contributed by atoms with van der Waals surface area (Å²) in [7, 11) is 0. The molecule has 156 valence electrons. The summed E-state index contributed by atoms with van der Waals surface area (Å²) in [6, 6.07) is 18.5. The standard InChI is InChI=1S/C25H21BrN2O3/c1-25(2)20-10-6-7-11-21(20)27(16-17-8-4-3-5-9-17)23(25)13-12-18-14-19(26)15-22(24(18)29)28(30)31/h3-15H,16H2,1-2H3/b18-12+,23-13+. The maximum absolute atomic E-state index is 12.6. The van der Waals surface area contributed by atoms with Crippen molar-refractivity contribution in [2.75, 3.05) is 4.90 Å². The van der Waals surface area contributed by atoms with Crippen LogP contribution in [-0.4, -0.2) is 10.7 Å². The van der Waals surface area contributed by atoms with Gasteiger partial charge in [0.2, 0.25) is 0 Å². The van der Waals surface area contributed by atoms with Crippen molar-refractivity contribution in [3.8, 4) is 0 Å². The van der Waals surface area contributed by atoms with Crippen molar-refractivity contribution in [3.63, 3.8) is 0 Å². The quantitative estimate of drug-likeness (QED) is 0.317. The molecule has 2 aliphatic rings. The van der Waals surface area contributed by atoms with Gasteiger partial charge in [0.05, 0.1) is 4.92 Å². The lowest BCUT2D eigenvalue weighted by Crippen LogP contribution is -2.26. The van der Waals surface area contributed by atoms with E-state index in [4.69, 9.17) is 0 Å². The number of carbonyl (C=O) groups excluding carboxylic acids is 1. The van der Waals surface area contributed by atoms with Crippen LogP contribution in [0.5, 0.6) is 0 Å². The zero-order valence-electron chi connectivity index (χ0n) is 17.2. The molecule has 1 aliphatic carbocycles. The van der Waals surface area contributed by atoms with E-state index >= 15 is 0 Å². The summed E-state index contributed by atoms with van der Waals surface area (Å²) in [5.41, 5.74) is 4.08. The molecule has 0 atom stereocenters. The Kier molecular flexibility index (Phi) is 5.50. The Bertz CT molecular complexity index is 1190. The first-order valence-corrected chi connectivity index (χ1v) is 10.7. The number of hydrogen-bond donors (Lipinski definition) is 0. The number of allylic oxidation sites excluding steroid dienone is 7. The van der Waals surface area contributed by atoms with Crippen LogP contribution in [-0.2, 0) is 16.8 Å². The lowest BCUT2D eigenvalue weighted by molar-refractivity contribution is -0.418. The van der Waals surface area contributed by atoms with Gasteiger partial charge in [-0.25, -0.2) is 0 Å². The highest BCUT2D eigenvalue weighted by atomic mass is 79.9. The Labute approximate surface area is 189 Å². The van der Waals surface area contributed by atoms with E-state index in [1.54, 1.807) is 12.2 Å². The van der Waals surface area contributed by atoms with Crippen LogP contribution in [0.25, 0.3) is 0 Å². The van der Waals surface area contributed by atoms with E-state index in [2.05, 4.69) is 58.9 Å². The highest BCUT2D eigenvalue weighted by Gasteiger charge is 2.39. The van der Waals surface area contributed by atoms with E-state index in [0.717, 1.165) is 11.4 Å². The molecule has 0 spiro atoms. The minimum absolute atomic E-state index is 0.278. The molecule has 6 heteroatoms. The molecule has 0 bridgehead atoms. The Morgan fingerprint density at radius 2 is 1.71 bits per heavy atom. The van der Waals surface area contributed by atoms with Crippen molar-refractivity contribution in [2.45, 2.75) is 25.8 Å². The van der Waals surface area contributed by atoms with Gasteiger partial charge >= 0.3 is 5.70 Å². The van der Waals surface area contributed by atoms with E-state index in [1.807, 2.05) is 36.4 Å². The summed E-state index contributed by atoms with van der Waals surface area (Å²) in [6.07, 6.45) is 6.45. The highest BCUT2D eigenvalue weighted by Crippen LogP contribution is 2.48. The molecule has 0 fully saturated rings. The van der Waals surface area contributed by atoms with E-state index in [1.165, 1.54) is 17.2 Å². The fourth-order valence-electron chi connectivity index (χ4n) is 4.11. The van der Waals surface area contributed by atoms with Gasteiger partial charge in [0, 0.05) is 39.5 Å². The maximum atomic E-state index is 12.6. The average molecular weight is 477 g/mol. The molecule has 0 saturated carbocycles. The topological polar surface area (TPSA) is 63.5 Å². The largest absolute Gasteiger partial charge is 0.340 e.